The fourth-order valence-corrected chi connectivity index (χ4v) is 0.861. The summed E-state index contributed by atoms with van der Waals surface area (Å²) in [5.41, 5.74) is 0. The minimum atomic E-state index is 0.542. The molecule has 0 amide bonds. The van der Waals surface area contributed by atoms with Gasteiger partial charge in [-0.2, -0.15) is 0 Å². The molecule has 11 heavy (non-hydrogen) atoms. The molecule has 2 nitrogen and oxygen atoms in total. The zero-order valence-electron chi connectivity index (χ0n) is 8.61. The number of rotatable bonds is 5. The zero-order valence-corrected chi connectivity index (χ0v) is 8.61. The summed E-state index contributed by atoms with van der Waals surface area (Å²) < 4.78 is 4.98. The van der Waals surface area contributed by atoms with Gasteiger partial charge in [0.1, 0.15) is 0 Å². The molecule has 1 N–H and O–H groups in total. The van der Waals surface area contributed by atoms with Crippen molar-refractivity contribution in [3.05, 3.63) is 0 Å². The monoisotopic (exact) mass is 161 g/mol. The van der Waals surface area contributed by atoms with Crippen LogP contribution in [0.25, 0.3) is 0 Å². The summed E-state index contributed by atoms with van der Waals surface area (Å²) in [6.07, 6.45) is 2.42. The first-order valence-electron chi connectivity index (χ1n) is 4.51. The van der Waals surface area contributed by atoms with Crippen LogP contribution in [0.1, 0.15) is 33.6 Å². The molecule has 0 aromatic carbocycles. The Morgan fingerprint density at radius 1 is 1.36 bits per heavy atom. The highest BCUT2D eigenvalue weighted by Crippen LogP contribution is 1.94. The van der Waals surface area contributed by atoms with Crippen molar-refractivity contribution in [1.29, 1.82) is 0 Å². The predicted molar refractivity (Wildman–Crippen MR) is 51.0 cm³/mol. The molecule has 0 aromatic heterocycles. The van der Waals surface area contributed by atoms with E-state index >= 15 is 0 Å². The van der Waals surface area contributed by atoms with Crippen LogP contribution in [0.5, 0.6) is 0 Å². The van der Waals surface area contributed by atoms with Gasteiger partial charge in [-0.1, -0.05) is 27.2 Å². The van der Waals surface area contributed by atoms with Crippen LogP contribution in [-0.2, 0) is 4.74 Å². The third-order valence-corrected chi connectivity index (χ3v) is 1.41. The van der Waals surface area contributed by atoms with Gasteiger partial charge in [-0.3, -0.25) is 0 Å². The lowest BCUT2D eigenvalue weighted by molar-refractivity contribution is 0.165. The Labute approximate surface area is 71.3 Å². The van der Waals surface area contributed by atoms with E-state index in [2.05, 4.69) is 12.2 Å². The van der Waals surface area contributed by atoms with Gasteiger partial charge in [-0.25, -0.2) is 0 Å². The van der Waals surface area contributed by atoms with E-state index in [9.17, 15) is 0 Å². The van der Waals surface area contributed by atoms with Gasteiger partial charge in [0, 0.05) is 13.2 Å². The Kier molecular flexibility index (Phi) is 15.4. The molecule has 0 saturated heterocycles. The van der Waals surface area contributed by atoms with E-state index in [1.807, 2.05) is 20.9 Å². The first-order chi connectivity index (χ1) is 5.35. The van der Waals surface area contributed by atoms with Crippen molar-refractivity contribution in [1.82, 2.24) is 5.32 Å². The molecule has 1 unspecified atom stereocenters. The highest BCUT2D eigenvalue weighted by molar-refractivity contribution is 4.60. The highest BCUT2D eigenvalue weighted by atomic mass is 16.5. The first kappa shape index (κ1) is 13.5. The first-order valence-corrected chi connectivity index (χ1v) is 4.51. The van der Waals surface area contributed by atoms with Gasteiger partial charge in [0.25, 0.3) is 0 Å². The molecule has 0 aliphatic heterocycles. The average molecular weight is 161 g/mol. The maximum absolute atomic E-state index is 4.98. The molecule has 70 valence electrons. The van der Waals surface area contributed by atoms with Gasteiger partial charge >= 0.3 is 0 Å². The number of ether oxygens (including phenoxy) is 1. The van der Waals surface area contributed by atoms with Crippen molar-refractivity contribution >= 4 is 0 Å². The Hall–Kier alpha value is -0.0800. The minimum absolute atomic E-state index is 0.542. The van der Waals surface area contributed by atoms with Crippen LogP contribution < -0.4 is 5.32 Å². The highest BCUT2D eigenvalue weighted by Gasteiger charge is 2.01. The fourth-order valence-electron chi connectivity index (χ4n) is 0.861. The van der Waals surface area contributed by atoms with Crippen molar-refractivity contribution in [2.45, 2.75) is 39.7 Å². The second-order valence-electron chi connectivity index (χ2n) is 2.23. The molecule has 0 heterocycles. The predicted octanol–water partition coefficient (Wildman–Crippen LogP) is 2.05. The van der Waals surface area contributed by atoms with Gasteiger partial charge in [0.2, 0.25) is 0 Å². The quantitative estimate of drug-likeness (QED) is 0.666. The summed E-state index contributed by atoms with van der Waals surface area (Å²) in [6.45, 7) is 7.00. The van der Waals surface area contributed by atoms with Crippen molar-refractivity contribution in [3.63, 3.8) is 0 Å². The van der Waals surface area contributed by atoms with E-state index in [1.165, 1.54) is 12.8 Å². The zero-order chi connectivity index (χ0) is 9.11. The maximum Gasteiger partial charge on any atom is 0.0615 e. The van der Waals surface area contributed by atoms with E-state index in [0.29, 0.717) is 6.04 Å². The van der Waals surface area contributed by atoms with E-state index in [4.69, 9.17) is 4.74 Å². The summed E-state index contributed by atoms with van der Waals surface area (Å²) in [4.78, 5) is 0. The second kappa shape index (κ2) is 12.6. The molecule has 0 spiro atoms. The SMILES string of the molecule is CC.CCCC(COC)NC. The number of methoxy groups -OCH3 is 1. The van der Waals surface area contributed by atoms with Crippen molar-refractivity contribution in [2.24, 2.45) is 0 Å². The number of nitrogens with one attached hydrogen (secondary N) is 1. The Morgan fingerprint density at radius 2 is 1.91 bits per heavy atom. The van der Waals surface area contributed by atoms with Crippen LogP contribution in [0.15, 0.2) is 0 Å². The van der Waals surface area contributed by atoms with Crippen molar-refractivity contribution in [2.75, 3.05) is 20.8 Å². The summed E-state index contributed by atoms with van der Waals surface area (Å²) in [6, 6.07) is 0.542. The fraction of sp³-hybridized carbons (Fsp3) is 1.00. The van der Waals surface area contributed by atoms with E-state index in [-0.39, 0.29) is 0 Å². The molecule has 0 radical (unpaired) electrons. The van der Waals surface area contributed by atoms with Crippen molar-refractivity contribution in [3.8, 4) is 0 Å². The molecule has 0 aromatic rings. The third-order valence-electron chi connectivity index (χ3n) is 1.41. The van der Waals surface area contributed by atoms with Gasteiger partial charge < -0.3 is 10.1 Å². The lowest BCUT2D eigenvalue weighted by atomic mass is 10.2. The molecular weight excluding hydrogens is 138 g/mol. The van der Waals surface area contributed by atoms with Gasteiger partial charge in [0.15, 0.2) is 0 Å². The summed E-state index contributed by atoms with van der Waals surface area (Å²) >= 11 is 0. The minimum Gasteiger partial charge on any atom is -0.383 e. The summed E-state index contributed by atoms with van der Waals surface area (Å²) in [5, 5.41) is 3.18. The van der Waals surface area contributed by atoms with E-state index in [1.54, 1.807) is 7.11 Å². The Bertz CT molecular complexity index is 51.5. The summed E-state index contributed by atoms with van der Waals surface area (Å²) in [7, 11) is 3.71. The smallest absolute Gasteiger partial charge is 0.0615 e. The van der Waals surface area contributed by atoms with Crippen LogP contribution in [0.3, 0.4) is 0 Å². The largest absolute Gasteiger partial charge is 0.383 e. The van der Waals surface area contributed by atoms with Crippen LogP contribution in [0.2, 0.25) is 0 Å². The average Bonchev–Trinajstić information content (AvgIpc) is 2.08. The molecule has 0 aliphatic rings. The topological polar surface area (TPSA) is 21.3 Å². The lowest BCUT2D eigenvalue weighted by Gasteiger charge is -2.12. The van der Waals surface area contributed by atoms with Gasteiger partial charge in [-0.05, 0) is 13.5 Å². The molecule has 0 rings (SSSR count). The number of likely N-dealkylation sites (N-methyl/N-ethyl adjacent to an activating group) is 1. The standard InChI is InChI=1S/C7H17NO.C2H6/c1-4-5-7(8-2)6-9-3;1-2/h7-8H,4-6H2,1-3H3;1-2H3. The van der Waals surface area contributed by atoms with Crippen LogP contribution >= 0.6 is 0 Å². The van der Waals surface area contributed by atoms with Crippen LogP contribution in [-0.4, -0.2) is 26.8 Å². The van der Waals surface area contributed by atoms with Crippen LogP contribution in [0, 0.1) is 0 Å². The Morgan fingerprint density at radius 3 is 2.18 bits per heavy atom. The molecule has 0 bridgehead atoms. The summed E-state index contributed by atoms with van der Waals surface area (Å²) in [5.74, 6) is 0. The lowest BCUT2D eigenvalue weighted by Crippen LogP contribution is -2.29. The molecule has 1 atom stereocenters. The number of hydrogen-bond acceptors (Lipinski definition) is 2. The second-order valence-corrected chi connectivity index (χ2v) is 2.23. The maximum atomic E-state index is 4.98. The molecular formula is C9H23NO. The molecule has 0 fully saturated rings. The van der Waals surface area contributed by atoms with Crippen LogP contribution in [0.4, 0.5) is 0 Å². The number of hydrogen-bond donors (Lipinski definition) is 1. The third kappa shape index (κ3) is 9.92. The normalized spacial score (nSPS) is 11.7. The van der Waals surface area contributed by atoms with E-state index < -0.39 is 0 Å². The van der Waals surface area contributed by atoms with E-state index in [0.717, 1.165) is 6.61 Å². The van der Waals surface area contributed by atoms with Gasteiger partial charge in [-0.15, -0.1) is 0 Å². The Balaban J connectivity index is 0. The molecule has 0 saturated carbocycles. The molecule has 2 heteroatoms. The van der Waals surface area contributed by atoms with Crippen molar-refractivity contribution < 1.29 is 4.74 Å². The molecule has 0 aliphatic carbocycles. The van der Waals surface area contributed by atoms with Gasteiger partial charge in [0.05, 0.1) is 6.61 Å².